The van der Waals surface area contributed by atoms with Gasteiger partial charge in [-0.3, -0.25) is 9.48 Å². The molecule has 1 fully saturated rings. The van der Waals surface area contributed by atoms with Crippen LogP contribution < -0.4 is 10.1 Å². The lowest BCUT2D eigenvalue weighted by molar-refractivity contribution is 0.0785. The molecule has 1 aromatic heterocycles. The molecule has 6 nitrogen and oxygen atoms in total. The van der Waals surface area contributed by atoms with Crippen LogP contribution in [0.15, 0.2) is 49.1 Å². The van der Waals surface area contributed by atoms with Crippen LogP contribution in [0.5, 0.6) is 5.75 Å². The van der Waals surface area contributed by atoms with E-state index >= 15 is 0 Å². The molecule has 6 heteroatoms. The molecular weight excluding hydrogens is 412 g/mol. The number of carbonyl (C=O) groups is 1. The van der Waals surface area contributed by atoms with Crippen LogP contribution in [-0.4, -0.2) is 46.8 Å². The standard InChI is InChI=1S/C27H32N4O2/c1-3-14-31-24-12-11-20(17-22(24)26(29-31)27(32)30-15-6-7-16-30)28-18-23-21-9-5-4-8-19(21)10-13-25(23)33-2/h3-5,8-10,13,20,28H,1,6-7,11-12,14-18H2,2H3. The first-order chi connectivity index (χ1) is 16.2. The van der Waals surface area contributed by atoms with E-state index in [0.717, 1.165) is 63.1 Å². The number of aromatic nitrogens is 2. The summed E-state index contributed by atoms with van der Waals surface area (Å²) >= 11 is 0. The highest BCUT2D eigenvalue weighted by atomic mass is 16.5. The number of hydrogen-bond acceptors (Lipinski definition) is 4. The highest BCUT2D eigenvalue weighted by molar-refractivity contribution is 5.94. The van der Waals surface area contributed by atoms with E-state index in [1.165, 1.54) is 22.0 Å². The normalized spacial score (nSPS) is 17.8. The summed E-state index contributed by atoms with van der Waals surface area (Å²) in [4.78, 5) is 15.2. The minimum atomic E-state index is 0.0861. The lowest BCUT2D eigenvalue weighted by Crippen LogP contribution is -2.36. The van der Waals surface area contributed by atoms with Crippen molar-refractivity contribution in [1.29, 1.82) is 0 Å². The molecule has 2 heterocycles. The first-order valence-corrected chi connectivity index (χ1v) is 12.0. The van der Waals surface area contributed by atoms with Gasteiger partial charge in [0.1, 0.15) is 5.75 Å². The van der Waals surface area contributed by atoms with Crippen molar-refractivity contribution in [3.05, 3.63) is 71.6 Å². The molecule has 0 spiro atoms. The van der Waals surface area contributed by atoms with Crippen LogP contribution in [-0.2, 0) is 25.9 Å². The summed E-state index contributed by atoms with van der Waals surface area (Å²) in [6.45, 7) is 6.91. The summed E-state index contributed by atoms with van der Waals surface area (Å²) in [6.07, 6.45) is 6.76. The fraction of sp³-hybridized carbons (Fsp3) is 0.407. The Balaban J connectivity index is 1.39. The summed E-state index contributed by atoms with van der Waals surface area (Å²) in [5, 5.41) is 10.9. The van der Waals surface area contributed by atoms with E-state index in [0.29, 0.717) is 12.2 Å². The largest absolute Gasteiger partial charge is 0.496 e. The van der Waals surface area contributed by atoms with Gasteiger partial charge in [-0.25, -0.2) is 0 Å². The molecule has 1 N–H and O–H groups in total. The van der Waals surface area contributed by atoms with Gasteiger partial charge in [0, 0.05) is 42.5 Å². The molecule has 1 atom stereocenters. The van der Waals surface area contributed by atoms with Crippen LogP contribution in [0, 0.1) is 0 Å². The number of benzene rings is 2. The molecular formula is C27H32N4O2. The second-order valence-electron chi connectivity index (χ2n) is 9.03. The molecule has 1 amide bonds. The van der Waals surface area contributed by atoms with Crippen LogP contribution in [0.3, 0.4) is 0 Å². The van der Waals surface area contributed by atoms with Crippen molar-refractivity contribution in [3.8, 4) is 5.75 Å². The highest BCUT2D eigenvalue weighted by Crippen LogP contribution is 2.30. The topological polar surface area (TPSA) is 59.4 Å². The lowest BCUT2D eigenvalue weighted by atomic mass is 9.90. The van der Waals surface area contributed by atoms with Crippen LogP contribution >= 0.6 is 0 Å². The SMILES string of the molecule is C=CCn1nc(C(=O)N2CCCC2)c2c1CCC(NCc1c(OC)ccc3ccccc13)C2. The third-order valence-electron chi connectivity index (χ3n) is 7.03. The summed E-state index contributed by atoms with van der Waals surface area (Å²) in [6, 6.07) is 12.9. The van der Waals surface area contributed by atoms with Gasteiger partial charge in [-0.1, -0.05) is 36.4 Å². The summed E-state index contributed by atoms with van der Waals surface area (Å²) in [5.41, 5.74) is 4.13. The molecule has 172 valence electrons. The molecule has 3 aromatic rings. The van der Waals surface area contributed by atoms with Crippen molar-refractivity contribution in [1.82, 2.24) is 20.0 Å². The van der Waals surface area contributed by atoms with E-state index in [1.807, 2.05) is 21.7 Å². The van der Waals surface area contributed by atoms with Gasteiger partial charge in [-0.05, 0) is 48.9 Å². The van der Waals surface area contributed by atoms with E-state index in [9.17, 15) is 4.79 Å². The quantitative estimate of drug-likeness (QED) is 0.557. The number of ether oxygens (including phenoxy) is 1. The van der Waals surface area contributed by atoms with Gasteiger partial charge in [0.2, 0.25) is 0 Å². The van der Waals surface area contributed by atoms with Crippen molar-refractivity contribution in [2.75, 3.05) is 20.2 Å². The number of nitrogens with one attached hydrogen (secondary N) is 1. The van der Waals surface area contributed by atoms with Gasteiger partial charge in [-0.15, -0.1) is 6.58 Å². The number of hydrogen-bond donors (Lipinski definition) is 1. The van der Waals surface area contributed by atoms with E-state index < -0.39 is 0 Å². The molecule has 5 rings (SSSR count). The summed E-state index contributed by atoms with van der Waals surface area (Å²) in [7, 11) is 1.73. The molecule has 1 aliphatic heterocycles. The van der Waals surface area contributed by atoms with Crippen molar-refractivity contribution in [2.24, 2.45) is 0 Å². The first kappa shape index (κ1) is 21.7. The Labute approximate surface area is 195 Å². The van der Waals surface area contributed by atoms with E-state index in [-0.39, 0.29) is 11.9 Å². The Morgan fingerprint density at radius 2 is 2.06 bits per heavy atom. The van der Waals surface area contributed by atoms with Gasteiger partial charge in [0.25, 0.3) is 5.91 Å². The molecule has 0 saturated carbocycles. The highest BCUT2D eigenvalue weighted by Gasteiger charge is 2.31. The van der Waals surface area contributed by atoms with Crippen LogP contribution in [0.1, 0.15) is 46.6 Å². The number of likely N-dealkylation sites (tertiary alicyclic amines) is 1. The van der Waals surface area contributed by atoms with Gasteiger partial charge in [0.15, 0.2) is 5.69 Å². The Morgan fingerprint density at radius 3 is 2.85 bits per heavy atom. The van der Waals surface area contributed by atoms with Crippen molar-refractivity contribution < 1.29 is 9.53 Å². The van der Waals surface area contributed by atoms with Crippen molar-refractivity contribution >= 4 is 16.7 Å². The summed E-state index contributed by atoms with van der Waals surface area (Å²) < 4.78 is 7.66. The number of nitrogens with zero attached hydrogens (tertiary/aromatic N) is 3. The zero-order chi connectivity index (χ0) is 22.8. The average molecular weight is 445 g/mol. The third-order valence-corrected chi connectivity index (χ3v) is 7.03. The number of carbonyl (C=O) groups excluding carboxylic acids is 1. The lowest BCUT2D eigenvalue weighted by Gasteiger charge is -2.25. The molecule has 0 radical (unpaired) electrons. The van der Waals surface area contributed by atoms with Crippen LogP contribution in [0.2, 0.25) is 0 Å². The molecule has 1 saturated heterocycles. The molecule has 2 aliphatic rings. The smallest absolute Gasteiger partial charge is 0.274 e. The molecule has 1 unspecified atom stereocenters. The Morgan fingerprint density at radius 1 is 1.24 bits per heavy atom. The fourth-order valence-electron chi connectivity index (χ4n) is 5.31. The van der Waals surface area contributed by atoms with E-state index in [1.54, 1.807) is 7.11 Å². The van der Waals surface area contributed by atoms with Gasteiger partial charge >= 0.3 is 0 Å². The first-order valence-electron chi connectivity index (χ1n) is 12.0. The number of allylic oxidation sites excluding steroid dienone is 1. The minimum absolute atomic E-state index is 0.0861. The molecule has 2 aromatic carbocycles. The van der Waals surface area contributed by atoms with Crippen LogP contribution in [0.4, 0.5) is 0 Å². The van der Waals surface area contributed by atoms with Crippen LogP contribution in [0.25, 0.3) is 10.8 Å². The number of fused-ring (bicyclic) bond motifs is 2. The number of amides is 1. The maximum Gasteiger partial charge on any atom is 0.274 e. The molecule has 0 bridgehead atoms. The maximum atomic E-state index is 13.2. The Kier molecular flexibility index (Phi) is 6.18. The molecule has 1 aliphatic carbocycles. The van der Waals surface area contributed by atoms with Gasteiger partial charge in [-0.2, -0.15) is 5.10 Å². The predicted octanol–water partition coefficient (Wildman–Crippen LogP) is 4.11. The van der Waals surface area contributed by atoms with E-state index in [2.05, 4.69) is 42.2 Å². The zero-order valence-electron chi connectivity index (χ0n) is 19.3. The third kappa shape index (κ3) is 4.15. The maximum absolute atomic E-state index is 13.2. The van der Waals surface area contributed by atoms with Gasteiger partial charge < -0.3 is 15.0 Å². The zero-order valence-corrected chi connectivity index (χ0v) is 19.3. The fourth-order valence-corrected chi connectivity index (χ4v) is 5.31. The van der Waals surface area contributed by atoms with E-state index in [4.69, 9.17) is 9.84 Å². The second kappa shape index (κ2) is 9.40. The van der Waals surface area contributed by atoms with Crippen molar-refractivity contribution in [2.45, 2.75) is 51.2 Å². The Hall–Kier alpha value is -3.12. The van der Waals surface area contributed by atoms with Crippen molar-refractivity contribution in [3.63, 3.8) is 0 Å². The second-order valence-corrected chi connectivity index (χ2v) is 9.03. The summed E-state index contributed by atoms with van der Waals surface area (Å²) in [5.74, 6) is 0.990. The average Bonchev–Trinajstić information content (AvgIpc) is 3.51. The number of methoxy groups -OCH3 is 1. The minimum Gasteiger partial charge on any atom is -0.496 e. The predicted molar refractivity (Wildman–Crippen MR) is 131 cm³/mol. The molecule has 33 heavy (non-hydrogen) atoms. The Bertz CT molecular complexity index is 1180. The van der Waals surface area contributed by atoms with Gasteiger partial charge in [0.05, 0.1) is 13.7 Å². The monoisotopic (exact) mass is 444 g/mol. The number of rotatable bonds is 7.